The van der Waals surface area contributed by atoms with E-state index in [1.54, 1.807) is 6.07 Å². The van der Waals surface area contributed by atoms with E-state index in [0.29, 0.717) is 9.90 Å². The molecule has 0 spiro atoms. The minimum Gasteiger partial charge on any atom is -0.465 e. The lowest BCUT2D eigenvalue weighted by Crippen LogP contribution is -1.96. The van der Waals surface area contributed by atoms with Gasteiger partial charge in [0.05, 0.1) is 18.3 Å². The minimum absolute atomic E-state index is 0.378. The topological polar surface area (TPSA) is 39.2 Å². The minimum atomic E-state index is -0.378. The van der Waals surface area contributed by atoms with Gasteiger partial charge in [-0.05, 0) is 28.1 Å². The molecule has 2 rings (SSSR count). The van der Waals surface area contributed by atoms with Gasteiger partial charge >= 0.3 is 5.97 Å². The van der Waals surface area contributed by atoms with Crippen molar-refractivity contribution < 1.29 is 9.53 Å². The van der Waals surface area contributed by atoms with Crippen molar-refractivity contribution in [3.63, 3.8) is 0 Å². The predicted octanol–water partition coefficient (Wildman–Crippen LogP) is 4.01. The van der Waals surface area contributed by atoms with Gasteiger partial charge in [-0.2, -0.15) is 0 Å². The number of esters is 1. The lowest BCUT2D eigenvalue weighted by molar-refractivity contribution is 0.0606. The highest BCUT2D eigenvalue weighted by atomic mass is 79.9. The van der Waals surface area contributed by atoms with Gasteiger partial charge in [0.1, 0.15) is 9.88 Å². The fourth-order valence-corrected chi connectivity index (χ4v) is 2.49. The Labute approximate surface area is 116 Å². The summed E-state index contributed by atoms with van der Waals surface area (Å²) < 4.78 is 5.45. The van der Waals surface area contributed by atoms with Crippen LogP contribution in [0.3, 0.4) is 0 Å². The molecular weight excluding hydrogens is 326 g/mol. The second kappa shape index (κ2) is 5.16. The third-order valence-electron chi connectivity index (χ3n) is 2.06. The van der Waals surface area contributed by atoms with Crippen LogP contribution in [0.15, 0.2) is 28.9 Å². The van der Waals surface area contributed by atoms with Gasteiger partial charge in [-0.15, -0.1) is 11.3 Å². The molecule has 0 aliphatic rings. The van der Waals surface area contributed by atoms with Gasteiger partial charge in [0.25, 0.3) is 0 Å². The normalized spacial score (nSPS) is 10.3. The number of ether oxygens (including phenoxy) is 1. The fraction of sp³-hybridized carbons (Fsp3) is 0.0909. The number of nitrogens with zero attached hydrogens (tertiary/aromatic N) is 1. The highest BCUT2D eigenvalue weighted by Gasteiger charge is 2.12. The fourth-order valence-electron chi connectivity index (χ4n) is 1.23. The first-order valence-corrected chi connectivity index (χ1v) is 6.60. The average molecular weight is 333 g/mol. The smallest absolute Gasteiger partial charge is 0.349 e. The van der Waals surface area contributed by atoms with Crippen LogP contribution in [0.5, 0.6) is 0 Å². The van der Waals surface area contributed by atoms with Crippen LogP contribution in [-0.4, -0.2) is 18.1 Å². The van der Waals surface area contributed by atoms with Crippen molar-refractivity contribution in [3.8, 4) is 10.6 Å². The third kappa shape index (κ3) is 2.68. The lowest BCUT2D eigenvalue weighted by atomic mass is 10.2. The number of hydrogen-bond donors (Lipinski definition) is 0. The summed E-state index contributed by atoms with van der Waals surface area (Å²) in [5.41, 5.74) is 0.873. The standard InChI is InChI=1S/C11H7BrClNO2S/c1-16-11(15)9-5-14-10(17-9)6-2-3-7(12)8(13)4-6/h2-5H,1H3. The first-order valence-electron chi connectivity index (χ1n) is 4.61. The van der Waals surface area contributed by atoms with Gasteiger partial charge in [-0.3, -0.25) is 0 Å². The molecule has 0 amide bonds. The third-order valence-corrected chi connectivity index (χ3v) is 4.32. The van der Waals surface area contributed by atoms with Crippen molar-refractivity contribution in [1.82, 2.24) is 4.98 Å². The van der Waals surface area contributed by atoms with Crippen LogP contribution in [0.25, 0.3) is 10.6 Å². The average Bonchev–Trinajstić information content (AvgIpc) is 2.81. The molecule has 0 aliphatic heterocycles. The summed E-state index contributed by atoms with van der Waals surface area (Å²) in [7, 11) is 1.35. The van der Waals surface area contributed by atoms with Crippen molar-refractivity contribution in [2.45, 2.75) is 0 Å². The summed E-state index contributed by atoms with van der Waals surface area (Å²) in [6, 6.07) is 5.53. The van der Waals surface area contributed by atoms with Crippen molar-refractivity contribution in [2.24, 2.45) is 0 Å². The summed E-state index contributed by atoms with van der Waals surface area (Å²) in [4.78, 5) is 15.9. The number of hydrogen-bond acceptors (Lipinski definition) is 4. The molecule has 1 aromatic heterocycles. The van der Waals surface area contributed by atoms with E-state index in [1.165, 1.54) is 24.6 Å². The number of carbonyl (C=O) groups excluding carboxylic acids is 1. The maximum atomic E-state index is 11.3. The van der Waals surface area contributed by atoms with Crippen LogP contribution in [0, 0.1) is 0 Å². The molecule has 0 saturated carbocycles. The Kier molecular flexibility index (Phi) is 3.81. The van der Waals surface area contributed by atoms with Crippen molar-refractivity contribution in [1.29, 1.82) is 0 Å². The number of benzene rings is 1. The molecular formula is C11H7BrClNO2S. The summed E-state index contributed by atoms with van der Waals surface area (Å²) in [5, 5.41) is 1.34. The maximum Gasteiger partial charge on any atom is 0.349 e. The van der Waals surface area contributed by atoms with Crippen LogP contribution < -0.4 is 0 Å². The SMILES string of the molecule is COC(=O)c1cnc(-c2ccc(Br)c(Cl)c2)s1. The van der Waals surface area contributed by atoms with E-state index in [9.17, 15) is 4.79 Å². The second-order valence-corrected chi connectivity index (χ2v) is 5.44. The highest BCUT2D eigenvalue weighted by Crippen LogP contribution is 2.31. The van der Waals surface area contributed by atoms with Gasteiger partial charge in [0, 0.05) is 10.0 Å². The van der Waals surface area contributed by atoms with E-state index < -0.39 is 0 Å². The first-order chi connectivity index (χ1) is 8.11. The molecule has 17 heavy (non-hydrogen) atoms. The van der Waals surface area contributed by atoms with Crippen molar-refractivity contribution >= 4 is 44.8 Å². The number of rotatable bonds is 2. The number of halogens is 2. The van der Waals surface area contributed by atoms with Crippen LogP contribution in [0.4, 0.5) is 0 Å². The zero-order valence-corrected chi connectivity index (χ0v) is 11.9. The molecule has 0 saturated heterocycles. The van der Waals surface area contributed by atoms with Crippen molar-refractivity contribution in [2.75, 3.05) is 7.11 Å². The van der Waals surface area contributed by atoms with Crippen LogP contribution in [0.1, 0.15) is 9.67 Å². The summed E-state index contributed by atoms with van der Waals surface area (Å²) in [6.45, 7) is 0. The quantitative estimate of drug-likeness (QED) is 0.780. The van der Waals surface area contributed by atoms with Gasteiger partial charge in [-0.25, -0.2) is 9.78 Å². The Hall–Kier alpha value is -0.910. The molecule has 0 unspecified atom stereocenters. The summed E-state index contributed by atoms with van der Waals surface area (Å²) in [6.07, 6.45) is 1.50. The van der Waals surface area contributed by atoms with Gasteiger partial charge in [-0.1, -0.05) is 17.7 Å². The van der Waals surface area contributed by atoms with E-state index in [1.807, 2.05) is 12.1 Å². The van der Waals surface area contributed by atoms with E-state index in [-0.39, 0.29) is 5.97 Å². The van der Waals surface area contributed by atoms with Crippen LogP contribution in [0.2, 0.25) is 5.02 Å². The van der Waals surface area contributed by atoms with Crippen molar-refractivity contribution in [3.05, 3.63) is 38.8 Å². The van der Waals surface area contributed by atoms with E-state index in [2.05, 4.69) is 25.7 Å². The molecule has 0 aliphatic carbocycles. The Morgan fingerprint density at radius 2 is 2.29 bits per heavy atom. The van der Waals surface area contributed by atoms with E-state index in [0.717, 1.165) is 15.0 Å². The van der Waals surface area contributed by atoms with Crippen LogP contribution >= 0.6 is 38.9 Å². The highest BCUT2D eigenvalue weighted by molar-refractivity contribution is 9.10. The molecule has 3 nitrogen and oxygen atoms in total. The Morgan fingerprint density at radius 1 is 1.53 bits per heavy atom. The largest absolute Gasteiger partial charge is 0.465 e. The first kappa shape index (κ1) is 12.5. The zero-order valence-electron chi connectivity index (χ0n) is 8.74. The molecule has 2 aromatic rings. The molecule has 0 radical (unpaired) electrons. The lowest BCUT2D eigenvalue weighted by Gasteiger charge is -1.99. The molecule has 0 bridgehead atoms. The van der Waals surface area contributed by atoms with Gasteiger partial charge < -0.3 is 4.74 Å². The molecule has 6 heteroatoms. The molecule has 88 valence electrons. The molecule has 0 N–H and O–H groups in total. The second-order valence-electron chi connectivity index (χ2n) is 3.15. The molecule has 0 fully saturated rings. The monoisotopic (exact) mass is 331 g/mol. The van der Waals surface area contributed by atoms with E-state index >= 15 is 0 Å². The summed E-state index contributed by atoms with van der Waals surface area (Å²) >= 11 is 10.6. The number of thiazole rings is 1. The van der Waals surface area contributed by atoms with Gasteiger partial charge in [0.15, 0.2) is 0 Å². The Balaban J connectivity index is 2.37. The molecule has 0 atom stereocenters. The van der Waals surface area contributed by atoms with E-state index in [4.69, 9.17) is 11.6 Å². The molecule has 1 heterocycles. The van der Waals surface area contributed by atoms with Crippen LogP contribution in [-0.2, 0) is 4.74 Å². The maximum absolute atomic E-state index is 11.3. The summed E-state index contributed by atoms with van der Waals surface area (Å²) in [5.74, 6) is -0.378. The van der Waals surface area contributed by atoms with Gasteiger partial charge in [0.2, 0.25) is 0 Å². The number of aromatic nitrogens is 1. The Morgan fingerprint density at radius 3 is 2.94 bits per heavy atom. The number of carbonyl (C=O) groups is 1. The molecule has 1 aromatic carbocycles. The zero-order chi connectivity index (χ0) is 12.4. The predicted molar refractivity (Wildman–Crippen MR) is 71.6 cm³/mol. The number of methoxy groups -OCH3 is 1. The Bertz CT molecular complexity index is 570.